The van der Waals surface area contributed by atoms with Crippen LogP contribution in [-0.4, -0.2) is 12.6 Å². The van der Waals surface area contributed by atoms with E-state index in [2.05, 4.69) is 26.8 Å². The van der Waals surface area contributed by atoms with Crippen LogP contribution in [0.4, 0.5) is 0 Å². The van der Waals surface area contributed by atoms with Crippen molar-refractivity contribution in [1.82, 2.24) is 0 Å². The van der Waals surface area contributed by atoms with Gasteiger partial charge in [-0.3, -0.25) is 0 Å². The minimum atomic E-state index is -0.411. The highest BCUT2D eigenvalue weighted by Crippen LogP contribution is 2.28. The van der Waals surface area contributed by atoms with E-state index in [1.54, 1.807) is 13.0 Å². The molecule has 2 rings (SSSR count). The fourth-order valence-corrected chi connectivity index (χ4v) is 1.80. The zero-order chi connectivity index (χ0) is 13.3. The van der Waals surface area contributed by atoms with Gasteiger partial charge in [0.1, 0.15) is 5.58 Å². The molecule has 0 aliphatic rings. The Morgan fingerprint density at radius 3 is 2.61 bits per heavy atom. The Balaban J connectivity index is 2.43. The molecule has 3 nitrogen and oxygen atoms in total. The van der Waals surface area contributed by atoms with Crippen molar-refractivity contribution in [2.45, 2.75) is 33.1 Å². The van der Waals surface area contributed by atoms with Crippen LogP contribution in [0.1, 0.15) is 43.8 Å². The monoisotopic (exact) mass is 246 g/mol. The van der Waals surface area contributed by atoms with Crippen LogP contribution in [0.2, 0.25) is 0 Å². The van der Waals surface area contributed by atoms with Gasteiger partial charge in [0.2, 0.25) is 5.76 Å². The Kier molecular flexibility index (Phi) is 3.16. The summed E-state index contributed by atoms with van der Waals surface area (Å²) < 4.78 is 10.5. The molecule has 0 N–H and O–H groups in total. The molecule has 0 spiro atoms. The van der Waals surface area contributed by atoms with Crippen LogP contribution < -0.4 is 0 Å². The Hall–Kier alpha value is -1.77. The Morgan fingerprint density at radius 2 is 2.00 bits per heavy atom. The van der Waals surface area contributed by atoms with Gasteiger partial charge in [-0.1, -0.05) is 32.9 Å². The molecule has 0 fully saturated rings. The summed E-state index contributed by atoms with van der Waals surface area (Å²) in [6, 6.07) is 7.74. The minimum Gasteiger partial charge on any atom is -0.460 e. The number of furan rings is 1. The van der Waals surface area contributed by atoms with Crippen LogP contribution >= 0.6 is 0 Å². The van der Waals surface area contributed by atoms with Crippen LogP contribution in [0, 0.1) is 0 Å². The van der Waals surface area contributed by atoms with Crippen molar-refractivity contribution in [1.29, 1.82) is 0 Å². The maximum absolute atomic E-state index is 11.6. The highest BCUT2D eigenvalue weighted by molar-refractivity contribution is 5.92. The van der Waals surface area contributed by atoms with Gasteiger partial charge >= 0.3 is 5.97 Å². The molecule has 0 aliphatic heterocycles. The van der Waals surface area contributed by atoms with Gasteiger partial charge in [-0.15, -0.1) is 0 Å². The van der Waals surface area contributed by atoms with E-state index in [4.69, 9.17) is 9.15 Å². The van der Waals surface area contributed by atoms with Crippen molar-refractivity contribution < 1.29 is 13.9 Å². The molecule has 0 unspecified atom stereocenters. The lowest BCUT2D eigenvalue weighted by Crippen LogP contribution is -2.10. The van der Waals surface area contributed by atoms with E-state index in [0.29, 0.717) is 6.61 Å². The molecule has 1 heterocycles. The third-order valence-electron chi connectivity index (χ3n) is 2.86. The molecule has 0 aliphatic carbocycles. The molecule has 0 saturated carbocycles. The number of carbonyl (C=O) groups is 1. The molecule has 1 aromatic carbocycles. The maximum atomic E-state index is 11.6. The van der Waals surface area contributed by atoms with E-state index >= 15 is 0 Å². The van der Waals surface area contributed by atoms with Crippen molar-refractivity contribution in [3.8, 4) is 0 Å². The summed E-state index contributed by atoms with van der Waals surface area (Å²) in [5.74, 6) is -0.149. The third-order valence-corrected chi connectivity index (χ3v) is 2.86. The Morgan fingerprint density at radius 1 is 1.28 bits per heavy atom. The lowest BCUT2D eigenvalue weighted by molar-refractivity contribution is 0.0492. The molecular weight excluding hydrogens is 228 g/mol. The first-order valence-electron chi connectivity index (χ1n) is 6.13. The number of hydrogen-bond donors (Lipinski definition) is 0. The molecule has 3 heteroatoms. The number of carbonyl (C=O) groups excluding carboxylic acids is 1. The average Bonchev–Trinajstić information content (AvgIpc) is 2.70. The fourth-order valence-electron chi connectivity index (χ4n) is 1.80. The van der Waals surface area contributed by atoms with Crippen molar-refractivity contribution in [3.05, 3.63) is 35.6 Å². The first-order chi connectivity index (χ1) is 8.41. The number of hydrogen-bond acceptors (Lipinski definition) is 3. The van der Waals surface area contributed by atoms with E-state index in [-0.39, 0.29) is 11.2 Å². The highest BCUT2D eigenvalue weighted by atomic mass is 16.5. The Labute approximate surface area is 107 Å². The van der Waals surface area contributed by atoms with Crippen molar-refractivity contribution in [3.63, 3.8) is 0 Å². The predicted octanol–water partition coefficient (Wildman–Crippen LogP) is 3.91. The largest absolute Gasteiger partial charge is 0.460 e. The molecule has 0 atom stereocenters. The molecule has 1 aromatic heterocycles. The van der Waals surface area contributed by atoms with Gasteiger partial charge in [-0.05, 0) is 30.0 Å². The zero-order valence-electron chi connectivity index (χ0n) is 11.2. The van der Waals surface area contributed by atoms with Crippen LogP contribution in [0.25, 0.3) is 11.0 Å². The molecule has 18 heavy (non-hydrogen) atoms. The van der Waals surface area contributed by atoms with Crippen LogP contribution in [0.15, 0.2) is 28.7 Å². The predicted molar refractivity (Wildman–Crippen MR) is 70.9 cm³/mol. The standard InChI is InChI=1S/C15H18O3/c1-5-17-14(16)13-8-10-6-7-11(15(2,3)4)9-12(10)18-13/h6-9H,5H2,1-4H3. The molecule has 0 radical (unpaired) electrons. The molecule has 0 bridgehead atoms. The third kappa shape index (κ3) is 2.40. The van der Waals surface area contributed by atoms with Gasteiger partial charge in [0, 0.05) is 5.39 Å². The number of benzene rings is 1. The second kappa shape index (κ2) is 4.48. The summed E-state index contributed by atoms with van der Waals surface area (Å²) in [4.78, 5) is 11.6. The van der Waals surface area contributed by atoms with Gasteiger partial charge in [0.05, 0.1) is 6.61 Å². The minimum absolute atomic E-state index is 0.0606. The zero-order valence-corrected chi connectivity index (χ0v) is 11.2. The van der Waals surface area contributed by atoms with E-state index in [0.717, 1.165) is 11.0 Å². The summed E-state index contributed by atoms with van der Waals surface area (Å²) in [5, 5.41) is 0.922. The normalized spacial score (nSPS) is 11.8. The number of rotatable bonds is 2. The van der Waals surface area contributed by atoms with Crippen molar-refractivity contribution >= 4 is 16.9 Å². The average molecular weight is 246 g/mol. The quantitative estimate of drug-likeness (QED) is 0.754. The topological polar surface area (TPSA) is 39.4 Å². The lowest BCUT2D eigenvalue weighted by atomic mass is 9.87. The Bertz CT molecular complexity index is 573. The summed E-state index contributed by atoms with van der Waals surface area (Å²) in [5.41, 5.74) is 1.97. The van der Waals surface area contributed by atoms with Gasteiger partial charge in [0.25, 0.3) is 0 Å². The summed E-state index contributed by atoms with van der Waals surface area (Å²) >= 11 is 0. The maximum Gasteiger partial charge on any atom is 0.374 e. The van der Waals surface area contributed by atoms with E-state index in [1.165, 1.54) is 5.56 Å². The van der Waals surface area contributed by atoms with E-state index < -0.39 is 5.97 Å². The summed E-state index contributed by atoms with van der Waals surface area (Å²) in [6.45, 7) is 8.55. The number of ether oxygens (including phenoxy) is 1. The van der Waals surface area contributed by atoms with Crippen LogP contribution in [0.5, 0.6) is 0 Å². The SMILES string of the molecule is CCOC(=O)c1cc2ccc(C(C)(C)C)cc2o1. The second-order valence-corrected chi connectivity index (χ2v) is 5.33. The van der Waals surface area contributed by atoms with Crippen LogP contribution in [-0.2, 0) is 10.2 Å². The molecule has 96 valence electrons. The molecular formula is C15H18O3. The van der Waals surface area contributed by atoms with Gasteiger partial charge in [0.15, 0.2) is 0 Å². The number of esters is 1. The van der Waals surface area contributed by atoms with Gasteiger partial charge in [-0.25, -0.2) is 4.79 Å². The summed E-state index contributed by atoms with van der Waals surface area (Å²) in [7, 11) is 0. The lowest BCUT2D eigenvalue weighted by Gasteiger charge is -2.18. The molecule has 0 amide bonds. The molecule has 0 saturated heterocycles. The van der Waals surface area contributed by atoms with E-state index in [9.17, 15) is 4.79 Å². The summed E-state index contributed by atoms with van der Waals surface area (Å²) in [6.07, 6.45) is 0. The molecule has 2 aromatic rings. The van der Waals surface area contributed by atoms with E-state index in [1.807, 2.05) is 12.1 Å². The second-order valence-electron chi connectivity index (χ2n) is 5.33. The smallest absolute Gasteiger partial charge is 0.374 e. The van der Waals surface area contributed by atoms with Crippen molar-refractivity contribution in [2.75, 3.05) is 6.61 Å². The first kappa shape index (κ1) is 12.7. The van der Waals surface area contributed by atoms with Gasteiger partial charge < -0.3 is 9.15 Å². The number of fused-ring (bicyclic) bond motifs is 1. The first-order valence-corrected chi connectivity index (χ1v) is 6.13. The highest BCUT2D eigenvalue weighted by Gasteiger charge is 2.17. The van der Waals surface area contributed by atoms with Crippen LogP contribution in [0.3, 0.4) is 0 Å². The fraction of sp³-hybridized carbons (Fsp3) is 0.400. The van der Waals surface area contributed by atoms with Gasteiger partial charge in [-0.2, -0.15) is 0 Å². The van der Waals surface area contributed by atoms with Crippen molar-refractivity contribution in [2.24, 2.45) is 0 Å².